The van der Waals surface area contributed by atoms with Crippen LogP contribution in [0.5, 0.6) is 0 Å². The molecule has 2 aromatic heterocycles. The lowest BCUT2D eigenvalue weighted by molar-refractivity contribution is -0.134. The number of aromatic nitrogens is 3. The lowest BCUT2D eigenvalue weighted by Crippen LogP contribution is -2.61. The zero-order chi connectivity index (χ0) is 27.5. The average Bonchev–Trinajstić information content (AvgIpc) is 3.56. The lowest BCUT2D eigenvalue weighted by Gasteiger charge is -2.38. The first-order valence-electron chi connectivity index (χ1n) is 11.3. The van der Waals surface area contributed by atoms with Crippen LogP contribution >= 0.6 is 47.1 Å². The second-order valence-electron chi connectivity index (χ2n) is 8.33. The van der Waals surface area contributed by atoms with Gasteiger partial charge in [0, 0.05) is 42.3 Å². The predicted octanol–water partition coefficient (Wildman–Crippen LogP) is 2.31. The molecule has 0 saturated carbocycles. The summed E-state index contributed by atoms with van der Waals surface area (Å²) in [6.45, 7) is -0.788. The van der Waals surface area contributed by atoms with Crippen LogP contribution in [0.1, 0.15) is 6.42 Å². The van der Waals surface area contributed by atoms with E-state index in [4.69, 9.17) is 11.6 Å². The summed E-state index contributed by atoms with van der Waals surface area (Å²) in [6, 6.07) is 8.57. The number of piperazine rings is 1. The van der Waals surface area contributed by atoms with Gasteiger partial charge in [0.2, 0.25) is 10.0 Å². The molecule has 1 amide bonds. The molecule has 0 spiro atoms. The summed E-state index contributed by atoms with van der Waals surface area (Å²) in [7, 11) is -6.17. The number of thiophene rings is 1. The molecule has 0 unspecified atom stereocenters. The molecule has 1 aliphatic rings. The molecule has 12 nitrogen and oxygen atoms in total. The summed E-state index contributed by atoms with van der Waals surface area (Å²) < 4.78 is 56.7. The van der Waals surface area contributed by atoms with Crippen molar-refractivity contribution < 1.29 is 26.8 Å². The van der Waals surface area contributed by atoms with E-state index in [1.165, 1.54) is 23.3 Å². The molecule has 3 heterocycles. The number of hydrogen-bond acceptors (Lipinski definition) is 10. The molecule has 1 aliphatic heterocycles. The molecule has 39 heavy (non-hydrogen) atoms. The average molecular weight is 658 g/mol. The molecule has 18 heteroatoms. The predicted molar refractivity (Wildman–Crippen MR) is 151 cm³/mol. The SMILES string of the molecule is Cl.Cn1cnnc1SCCCS(=O)(=O)N1CCN(S(=O)(=O)c2ccc(-c3ccc(Cl)cc3)s2)[C@@H](C(=O)NO)C1. The highest BCUT2D eigenvalue weighted by molar-refractivity contribution is 7.99. The fraction of sp³-hybridized carbons (Fsp3) is 0.381. The monoisotopic (exact) mass is 656 g/mol. The number of nitrogens with one attached hydrogen (secondary N) is 1. The molecule has 0 radical (unpaired) electrons. The highest BCUT2D eigenvalue weighted by Gasteiger charge is 2.43. The number of benzene rings is 1. The van der Waals surface area contributed by atoms with Gasteiger partial charge >= 0.3 is 0 Å². The smallest absolute Gasteiger partial charge is 0.263 e. The fourth-order valence-electron chi connectivity index (χ4n) is 3.85. The number of hydroxylamine groups is 1. The van der Waals surface area contributed by atoms with Crippen LogP contribution < -0.4 is 5.48 Å². The largest absolute Gasteiger partial charge is 0.312 e. The van der Waals surface area contributed by atoms with Gasteiger partial charge in [0.05, 0.1) is 5.75 Å². The van der Waals surface area contributed by atoms with Crippen molar-refractivity contribution >= 4 is 73.1 Å². The highest BCUT2D eigenvalue weighted by Crippen LogP contribution is 2.34. The third-order valence-corrected chi connectivity index (χ3v) is 12.6. The minimum absolute atomic E-state index is 0. The van der Waals surface area contributed by atoms with E-state index in [1.54, 1.807) is 48.3 Å². The Labute approximate surface area is 245 Å². The van der Waals surface area contributed by atoms with Crippen molar-refractivity contribution in [2.24, 2.45) is 7.05 Å². The fourth-order valence-corrected chi connectivity index (χ4v) is 9.49. The Balaban J connectivity index is 0.00000420. The number of carbonyl (C=O) groups excluding carboxylic acids is 1. The van der Waals surface area contributed by atoms with Crippen molar-refractivity contribution in [2.75, 3.05) is 31.1 Å². The Morgan fingerprint density at radius 2 is 1.90 bits per heavy atom. The second-order valence-corrected chi connectivity index (χ2v) is 15.1. The van der Waals surface area contributed by atoms with Crippen LogP contribution in [0.25, 0.3) is 10.4 Å². The standard InChI is InChI=1S/C21H25ClN6O6S4.ClH/c1-26-14-23-24-21(26)35-11-2-12-37(31,32)27-9-10-28(17(13-27)20(29)25-30)38(33,34)19-8-7-18(36-19)15-3-5-16(22)6-4-15;/h3-8,14,17,30H,2,9-13H2,1H3,(H,25,29);1H/t17-;/m1./s1. The third-order valence-electron chi connectivity index (χ3n) is 5.82. The van der Waals surface area contributed by atoms with Gasteiger partial charge in [0.1, 0.15) is 16.6 Å². The molecule has 4 rings (SSSR count). The van der Waals surface area contributed by atoms with Crippen LogP contribution in [0.4, 0.5) is 0 Å². The van der Waals surface area contributed by atoms with Crippen molar-refractivity contribution in [3.8, 4) is 10.4 Å². The van der Waals surface area contributed by atoms with Crippen molar-refractivity contribution in [1.29, 1.82) is 0 Å². The maximum Gasteiger partial charge on any atom is 0.263 e. The number of rotatable bonds is 10. The number of thioether (sulfide) groups is 1. The summed E-state index contributed by atoms with van der Waals surface area (Å²) >= 11 is 8.32. The molecule has 3 aromatic rings. The minimum Gasteiger partial charge on any atom is -0.312 e. The van der Waals surface area contributed by atoms with Crippen LogP contribution in [0.15, 0.2) is 52.1 Å². The number of halogens is 2. The molecule has 2 N–H and O–H groups in total. The zero-order valence-electron chi connectivity index (χ0n) is 20.5. The first-order valence-corrected chi connectivity index (χ1v) is 16.5. The number of sulfonamides is 2. The van der Waals surface area contributed by atoms with Crippen LogP contribution in [-0.2, 0) is 31.9 Å². The van der Waals surface area contributed by atoms with Gasteiger partial charge in [-0.05, 0) is 36.2 Å². The first kappa shape index (κ1) is 31.8. The summed E-state index contributed by atoms with van der Waals surface area (Å²) in [6.07, 6.45) is 1.87. The molecular formula is C21H26Cl2N6O6S4. The molecule has 1 saturated heterocycles. The Bertz CT molecular complexity index is 1500. The van der Waals surface area contributed by atoms with E-state index in [9.17, 15) is 26.8 Å². The normalized spacial score (nSPS) is 17.1. The summed E-state index contributed by atoms with van der Waals surface area (Å²) in [5.74, 6) is -0.719. The van der Waals surface area contributed by atoms with E-state index in [-0.39, 0.29) is 35.5 Å². The quantitative estimate of drug-likeness (QED) is 0.145. The lowest BCUT2D eigenvalue weighted by atomic mass is 10.2. The maximum atomic E-state index is 13.5. The van der Waals surface area contributed by atoms with Crippen molar-refractivity contribution in [3.05, 3.63) is 47.7 Å². The molecule has 1 aromatic carbocycles. The van der Waals surface area contributed by atoms with Gasteiger partial charge in [-0.1, -0.05) is 35.5 Å². The molecular weight excluding hydrogens is 631 g/mol. The van der Waals surface area contributed by atoms with Crippen LogP contribution in [0.3, 0.4) is 0 Å². The van der Waals surface area contributed by atoms with Gasteiger partial charge in [-0.25, -0.2) is 22.3 Å². The number of hydrogen-bond donors (Lipinski definition) is 2. The molecule has 1 fully saturated rings. The van der Waals surface area contributed by atoms with Gasteiger partial charge in [0.25, 0.3) is 15.9 Å². The van der Waals surface area contributed by atoms with E-state index in [1.807, 2.05) is 0 Å². The van der Waals surface area contributed by atoms with Gasteiger partial charge in [0.15, 0.2) is 5.16 Å². The Morgan fingerprint density at radius 3 is 2.54 bits per heavy atom. The van der Waals surface area contributed by atoms with E-state index in [0.717, 1.165) is 25.5 Å². The van der Waals surface area contributed by atoms with Crippen LogP contribution in [0, 0.1) is 0 Å². The highest BCUT2D eigenvalue weighted by atomic mass is 35.5. The van der Waals surface area contributed by atoms with Crippen molar-refractivity contribution in [2.45, 2.75) is 21.8 Å². The zero-order valence-corrected chi connectivity index (χ0v) is 25.3. The Hall–Kier alpha value is -1.76. The summed E-state index contributed by atoms with van der Waals surface area (Å²) in [5, 5.41) is 18.2. The Morgan fingerprint density at radius 1 is 1.18 bits per heavy atom. The van der Waals surface area contributed by atoms with Gasteiger partial charge in [-0.15, -0.1) is 33.9 Å². The first-order chi connectivity index (χ1) is 18.0. The number of aryl methyl sites for hydroxylation is 1. The molecule has 1 atom stereocenters. The molecule has 0 aliphatic carbocycles. The molecule has 214 valence electrons. The van der Waals surface area contributed by atoms with Gasteiger partial charge in [-0.2, -0.15) is 8.61 Å². The van der Waals surface area contributed by atoms with E-state index in [2.05, 4.69) is 10.2 Å². The summed E-state index contributed by atoms with van der Waals surface area (Å²) in [4.78, 5) is 13.2. The van der Waals surface area contributed by atoms with Crippen molar-refractivity contribution in [1.82, 2.24) is 28.9 Å². The van der Waals surface area contributed by atoms with E-state index >= 15 is 0 Å². The molecule has 0 bridgehead atoms. The number of nitrogens with zero attached hydrogens (tertiary/aromatic N) is 5. The minimum atomic E-state index is -4.17. The number of amides is 1. The Kier molecular flexibility index (Phi) is 10.8. The third kappa shape index (κ3) is 7.31. The summed E-state index contributed by atoms with van der Waals surface area (Å²) in [5.41, 5.74) is 2.25. The van der Waals surface area contributed by atoms with Crippen LogP contribution in [0.2, 0.25) is 5.02 Å². The van der Waals surface area contributed by atoms with E-state index in [0.29, 0.717) is 27.2 Å². The maximum absolute atomic E-state index is 13.5. The van der Waals surface area contributed by atoms with Gasteiger partial charge < -0.3 is 4.57 Å². The second kappa shape index (κ2) is 13.3. The number of carbonyl (C=O) groups is 1. The topological polar surface area (TPSA) is 155 Å². The van der Waals surface area contributed by atoms with Crippen LogP contribution in [-0.4, -0.2) is 88.5 Å². The van der Waals surface area contributed by atoms with E-state index < -0.39 is 38.5 Å². The van der Waals surface area contributed by atoms with Crippen molar-refractivity contribution in [3.63, 3.8) is 0 Å². The van der Waals surface area contributed by atoms with Gasteiger partial charge in [-0.3, -0.25) is 10.0 Å².